The van der Waals surface area contributed by atoms with Crippen LogP contribution in [0, 0.1) is 5.92 Å². The third kappa shape index (κ3) is 5.11. The maximum atomic E-state index is 9.46. The molecule has 2 heterocycles. The van der Waals surface area contributed by atoms with E-state index in [1.807, 2.05) is 13.0 Å². The van der Waals surface area contributed by atoms with E-state index in [9.17, 15) is 5.11 Å². The lowest BCUT2D eigenvalue weighted by Gasteiger charge is -2.32. The van der Waals surface area contributed by atoms with Crippen molar-refractivity contribution in [1.82, 2.24) is 15.2 Å². The molecule has 3 rings (SSSR count). The van der Waals surface area contributed by atoms with Gasteiger partial charge in [-0.15, -0.1) is 11.3 Å². The second-order valence-corrected chi connectivity index (χ2v) is 7.66. The minimum atomic E-state index is -0.219. The van der Waals surface area contributed by atoms with Crippen molar-refractivity contribution in [3.05, 3.63) is 40.7 Å². The van der Waals surface area contributed by atoms with Gasteiger partial charge in [0.2, 0.25) is 0 Å². The lowest BCUT2D eigenvalue weighted by molar-refractivity contribution is 0.0998. The van der Waals surface area contributed by atoms with E-state index in [1.165, 1.54) is 18.4 Å². The molecular weight excluding hydrogens is 318 g/mol. The molecule has 2 aromatic rings. The Balaban J connectivity index is 1.39. The van der Waals surface area contributed by atoms with Crippen LogP contribution in [0.3, 0.4) is 0 Å². The van der Waals surface area contributed by atoms with Crippen molar-refractivity contribution in [2.75, 3.05) is 26.2 Å². The summed E-state index contributed by atoms with van der Waals surface area (Å²) in [5.74, 6) is 0.740. The summed E-state index contributed by atoms with van der Waals surface area (Å²) in [6.45, 7) is 6.79. The fourth-order valence-corrected chi connectivity index (χ4v) is 4.04. The van der Waals surface area contributed by atoms with Crippen molar-refractivity contribution in [3.8, 4) is 11.3 Å². The normalized spacial score (nSPS) is 17.9. The summed E-state index contributed by atoms with van der Waals surface area (Å²) in [6, 6.07) is 10.3. The number of aliphatic hydroxyl groups excluding tert-OH is 1. The van der Waals surface area contributed by atoms with E-state index in [4.69, 9.17) is 4.98 Å². The molecule has 5 heteroatoms. The first-order valence-electron chi connectivity index (χ1n) is 8.81. The zero-order chi connectivity index (χ0) is 16.8. The second kappa shape index (κ2) is 8.72. The van der Waals surface area contributed by atoms with Crippen LogP contribution in [0.4, 0.5) is 0 Å². The van der Waals surface area contributed by atoms with E-state index >= 15 is 0 Å². The molecule has 1 atom stereocenters. The number of likely N-dealkylation sites (tertiary alicyclic amines) is 1. The summed E-state index contributed by atoms with van der Waals surface area (Å²) in [6.07, 6.45) is 2.21. The number of hydrogen-bond acceptors (Lipinski definition) is 5. The first-order chi connectivity index (χ1) is 11.7. The summed E-state index contributed by atoms with van der Waals surface area (Å²) < 4.78 is 0. The van der Waals surface area contributed by atoms with Crippen molar-refractivity contribution in [2.24, 2.45) is 5.92 Å². The summed E-state index contributed by atoms with van der Waals surface area (Å²) in [5, 5.41) is 16.3. The van der Waals surface area contributed by atoms with Gasteiger partial charge in [0.05, 0.1) is 11.8 Å². The average molecular weight is 346 g/mol. The standard InChI is InChI=1S/C19H27N3OS/c1-15(23)13-22-9-7-16(8-10-22)11-20-12-19-21-18(14-24-19)17-5-3-2-4-6-17/h2-6,14-16,20,23H,7-13H2,1H3/t15-/m0/s1. The monoisotopic (exact) mass is 345 g/mol. The highest BCUT2D eigenvalue weighted by Gasteiger charge is 2.19. The van der Waals surface area contributed by atoms with Gasteiger partial charge in [0, 0.05) is 24.0 Å². The number of rotatable bonds is 7. The SMILES string of the molecule is C[C@H](O)CN1CCC(CNCc2nc(-c3ccccc3)cs2)CC1. The minimum Gasteiger partial charge on any atom is -0.392 e. The number of hydrogen-bond donors (Lipinski definition) is 2. The summed E-state index contributed by atoms with van der Waals surface area (Å²) in [4.78, 5) is 7.10. The van der Waals surface area contributed by atoms with Gasteiger partial charge >= 0.3 is 0 Å². The number of benzene rings is 1. The Morgan fingerprint density at radius 1 is 1.29 bits per heavy atom. The van der Waals surface area contributed by atoms with E-state index in [-0.39, 0.29) is 6.10 Å². The van der Waals surface area contributed by atoms with Crippen LogP contribution in [0.25, 0.3) is 11.3 Å². The minimum absolute atomic E-state index is 0.219. The van der Waals surface area contributed by atoms with Crippen LogP contribution >= 0.6 is 11.3 Å². The van der Waals surface area contributed by atoms with E-state index in [2.05, 4.69) is 39.9 Å². The highest BCUT2D eigenvalue weighted by Crippen LogP contribution is 2.22. The highest BCUT2D eigenvalue weighted by molar-refractivity contribution is 7.09. The summed E-state index contributed by atoms with van der Waals surface area (Å²) in [7, 11) is 0. The van der Waals surface area contributed by atoms with Gasteiger partial charge in [-0.25, -0.2) is 4.98 Å². The van der Waals surface area contributed by atoms with Crippen LogP contribution in [0.5, 0.6) is 0 Å². The first-order valence-corrected chi connectivity index (χ1v) is 9.69. The van der Waals surface area contributed by atoms with Gasteiger partial charge in [0.25, 0.3) is 0 Å². The van der Waals surface area contributed by atoms with Crippen molar-refractivity contribution in [2.45, 2.75) is 32.4 Å². The van der Waals surface area contributed by atoms with Crippen LogP contribution in [-0.2, 0) is 6.54 Å². The topological polar surface area (TPSA) is 48.4 Å². The number of nitrogens with zero attached hydrogens (tertiary/aromatic N) is 2. The Morgan fingerprint density at radius 2 is 2.04 bits per heavy atom. The zero-order valence-corrected chi connectivity index (χ0v) is 15.1. The number of piperidine rings is 1. The fourth-order valence-electron chi connectivity index (χ4n) is 3.26. The van der Waals surface area contributed by atoms with Gasteiger partial charge in [0.1, 0.15) is 5.01 Å². The lowest BCUT2D eigenvalue weighted by atomic mass is 9.96. The van der Waals surface area contributed by atoms with E-state index in [1.54, 1.807) is 11.3 Å². The van der Waals surface area contributed by atoms with Crippen LogP contribution in [-0.4, -0.2) is 47.3 Å². The smallest absolute Gasteiger partial charge is 0.107 e. The average Bonchev–Trinajstić information content (AvgIpc) is 3.06. The van der Waals surface area contributed by atoms with Crippen LogP contribution in [0.15, 0.2) is 35.7 Å². The first kappa shape index (κ1) is 17.5. The van der Waals surface area contributed by atoms with Crippen LogP contribution in [0.2, 0.25) is 0 Å². The molecule has 0 unspecified atom stereocenters. The number of aliphatic hydroxyl groups is 1. The number of nitrogens with one attached hydrogen (secondary N) is 1. The molecule has 24 heavy (non-hydrogen) atoms. The molecule has 4 nitrogen and oxygen atoms in total. The van der Waals surface area contributed by atoms with Crippen LogP contribution < -0.4 is 5.32 Å². The Kier molecular flexibility index (Phi) is 6.37. The molecule has 1 fully saturated rings. The number of β-amino-alcohol motifs (C(OH)–C–C–N with tert-alkyl or cyclic N) is 1. The quantitative estimate of drug-likeness (QED) is 0.810. The lowest BCUT2D eigenvalue weighted by Crippen LogP contribution is -2.40. The molecule has 1 aliphatic rings. The van der Waals surface area contributed by atoms with Gasteiger partial charge < -0.3 is 15.3 Å². The molecule has 0 spiro atoms. The third-order valence-corrected chi connectivity index (χ3v) is 5.41. The molecule has 0 aliphatic carbocycles. The number of aromatic nitrogens is 1. The van der Waals surface area contributed by atoms with Crippen molar-refractivity contribution in [1.29, 1.82) is 0 Å². The van der Waals surface area contributed by atoms with Crippen molar-refractivity contribution >= 4 is 11.3 Å². The maximum absolute atomic E-state index is 9.46. The third-order valence-electron chi connectivity index (χ3n) is 4.56. The molecule has 0 saturated carbocycles. The molecular formula is C19H27N3OS. The van der Waals surface area contributed by atoms with Crippen LogP contribution in [0.1, 0.15) is 24.8 Å². The molecule has 0 amide bonds. The van der Waals surface area contributed by atoms with Gasteiger partial charge in [-0.2, -0.15) is 0 Å². The Bertz CT molecular complexity index is 606. The molecule has 1 saturated heterocycles. The molecule has 1 aromatic heterocycles. The van der Waals surface area contributed by atoms with Gasteiger partial charge in [-0.05, 0) is 45.3 Å². The predicted octanol–water partition coefficient (Wildman–Crippen LogP) is 2.99. The second-order valence-electron chi connectivity index (χ2n) is 6.72. The summed E-state index contributed by atoms with van der Waals surface area (Å²) in [5.41, 5.74) is 2.26. The Morgan fingerprint density at radius 3 is 2.75 bits per heavy atom. The molecule has 130 valence electrons. The summed E-state index contributed by atoms with van der Waals surface area (Å²) >= 11 is 1.73. The highest BCUT2D eigenvalue weighted by atomic mass is 32.1. The molecule has 1 aliphatic heterocycles. The largest absolute Gasteiger partial charge is 0.392 e. The van der Waals surface area contributed by atoms with Crippen molar-refractivity contribution < 1.29 is 5.11 Å². The van der Waals surface area contributed by atoms with E-state index in [0.717, 1.165) is 49.3 Å². The molecule has 2 N–H and O–H groups in total. The van der Waals surface area contributed by atoms with E-state index in [0.29, 0.717) is 0 Å². The van der Waals surface area contributed by atoms with Gasteiger partial charge in [-0.3, -0.25) is 0 Å². The maximum Gasteiger partial charge on any atom is 0.107 e. The fraction of sp³-hybridized carbons (Fsp3) is 0.526. The van der Waals surface area contributed by atoms with Gasteiger partial charge in [-0.1, -0.05) is 30.3 Å². The molecule has 0 radical (unpaired) electrons. The van der Waals surface area contributed by atoms with Gasteiger partial charge in [0.15, 0.2) is 0 Å². The number of thiazole rings is 1. The Hall–Kier alpha value is -1.27. The molecule has 1 aromatic carbocycles. The Labute approximate surface area is 148 Å². The predicted molar refractivity (Wildman–Crippen MR) is 100 cm³/mol. The zero-order valence-electron chi connectivity index (χ0n) is 14.3. The van der Waals surface area contributed by atoms with Crippen molar-refractivity contribution in [3.63, 3.8) is 0 Å². The molecule has 0 bridgehead atoms. The van der Waals surface area contributed by atoms with E-state index < -0.39 is 0 Å².